The van der Waals surface area contributed by atoms with Crippen molar-refractivity contribution < 1.29 is 4.39 Å². The molecule has 4 nitrogen and oxygen atoms in total. The van der Waals surface area contributed by atoms with Crippen molar-refractivity contribution in [2.24, 2.45) is 11.7 Å². The summed E-state index contributed by atoms with van der Waals surface area (Å²) in [6.45, 7) is 2.86. The first-order chi connectivity index (χ1) is 9.47. The summed E-state index contributed by atoms with van der Waals surface area (Å²) in [5.74, 6) is 0.310. The van der Waals surface area contributed by atoms with E-state index < -0.39 is 0 Å². The summed E-state index contributed by atoms with van der Waals surface area (Å²) >= 11 is 0. The molecule has 0 bridgehead atoms. The van der Waals surface area contributed by atoms with E-state index in [1.165, 1.54) is 6.07 Å². The van der Waals surface area contributed by atoms with Crippen LogP contribution in [0.3, 0.4) is 0 Å². The van der Waals surface area contributed by atoms with E-state index >= 15 is 0 Å². The molecule has 1 fully saturated rings. The maximum absolute atomic E-state index is 14.1. The van der Waals surface area contributed by atoms with E-state index in [0.29, 0.717) is 17.2 Å². The van der Waals surface area contributed by atoms with Crippen LogP contribution >= 0.6 is 0 Å². The smallest absolute Gasteiger partial charge is 0.147 e. The lowest BCUT2D eigenvalue weighted by Gasteiger charge is -2.34. The molecule has 1 aromatic carbocycles. The first-order valence-electron chi connectivity index (χ1n) is 7.01. The molecule has 20 heavy (non-hydrogen) atoms. The molecule has 1 heterocycles. The van der Waals surface area contributed by atoms with E-state index in [2.05, 4.69) is 23.9 Å². The van der Waals surface area contributed by atoms with Crippen LogP contribution in [0.15, 0.2) is 18.2 Å². The molecule has 0 amide bonds. The number of nitrogen functional groups attached to an aromatic ring is 1. The van der Waals surface area contributed by atoms with Crippen molar-refractivity contribution in [2.75, 3.05) is 38.6 Å². The zero-order valence-corrected chi connectivity index (χ0v) is 12.2. The fourth-order valence-corrected chi connectivity index (χ4v) is 2.80. The largest absolute Gasteiger partial charge is 0.384 e. The molecular formula is C15H23FN4. The minimum atomic E-state index is -0.288. The second-order valence-corrected chi connectivity index (χ2v) is 5.77. The summed E-state index contributed by atoms with van der Waals surface area (Å²) in [6.07, 6.45) is 2.18. The van der Waals surface area contributed by atoms with Crippen molar-refractivity contribution >= 4 is 11.5 Å². The van der Waals surface area contributed by atoms with Crippen molar-refractivity contribution in [3.8, 4) is 0 Å². The molecule has 0 atom stereocenters. The molecule has 1 aromatic rings. The number of piperidine rings is 1. The molecule has 1 aliphatic heterocycles. The number of benzene rings is 1. The summed E-state index contributed by atoms with van der Waals surface area (Å²) in [7, 11) is 4.18. The van der Waals surface area contributed by atoms with Crippen LogP contribution in [0.2, 0.25) is 0 Å². The molecule has 0 radical (unpaired) electrons. The zero-order valence-electron chi connectivity index (χ0n) is 12.2. The summed E-state index contributed by atoms with van der Waals surface area (Å²) in [6, 6.07) is 4.80. The normalized spacial score (nSPS) is 16.7. The molecule has 0 aromatic heterocycles. The molecule has 0 saturated carbocycles. The van der Waals surface area contributed by atoms with Gasteiger partial charge in [-0.1, -0.05) is 0 Å². The van der Waals surface area contributed by atoms with Gasteiger partial charge in [-0.05, 0) is 51.1 Å². The van der Waals surface area contributed by atoms with Gasteiger partial charge in [-0.25, -0.2) is 4.39 Å². The van der Waals surface area contributed by atoms with E-state index in [1.54, 1.807) is 12.1 Å². The van der Waals surface area contributed by atoms with Gasteiger partial charge in [0.1, 0.15) is 11.7 Å². The Labute approximate surface area is 119 Å². The SMILES string of the molecule is CN(C)CC1CCN(c2ccc(C(=N)N)cc2F)CC1. The van der Waals surface area contributed by atoms with E-state index in [4.69, 9.17) is 11.1 Å². The van der Waals surface area contributed by atoms with Crippen LogP contribution in [0, 0.1) is 17.1 Å². The Morgan fingerprint density at radius 2 is 2.05 bits per heavy atom. The van der Waals surface area contributed by atoms with Crippen LogP contribution < -0.4 is 10.6 Å². The van der Waals surface area contributed by atoms with Crippen molar-refractivity contribution in [3.63, 3.8) is 0 Å². The number of rotatable bonds is 4. The standard InChI is InChI=1S/C15H23FN4/c1-19(2)10-11-5-7-20(8-6-11)14-4-3-12(15(17)18)9-13(14)16/h3-4,9,11H,5-8,10H2,1-2H3,(H3,17,18). The van der Waals surface area contributed by atoms with E-state index in [-0.39, 0.29) is 11.7 Å². The number of amidine groups is 1. The van der Waals surface area contributed by atoms with Crippen molar-refractivity contribution in [2.45, 2.75) is 12.8 Å². The van der Waals surface area contributed by atoms with Crippen LogP contribution in [0.25, 0.3) is 0 Å². The molecule has 110 valence electrons. The van der Waals surface area contributed by atoms with Gasteiger partial charge in [0.2, 0.25) is 0 Å². The highest BCUT2D eigenvalue weighted by Gasteiger charge is 2.21. The lowest BCUT2D eigenvalue weighted by atomic mass is 9.96. The number of nitrogens with one attached hydrogen (secondary N) is 1. The van der Waals surface area contributed by atoms with Gasteiger partial charge >= 0.3 is 0 Å². The van der Waals surface area contributed by atoms with E-state index in [9.17, 15) is 4.39 Å². The molecule has 5 heteroatoms. The third-order valence-corrected chi connectivity index (χ3v) is 3.84. The highest BCUT2D eigenvalue weighted by Crippen LogP contribution is 2.26. The van der Waals surface area contributed by atoms with Crippen LogP contribution in [0.1, 0.15) is 18.4 Å². The summed E-state index contributed by atoms with van der Waals surface area (Å²) < 4.78 is 14.1. The third-order valence-electron chi connectivity index (χ3n) is 3.84. The quantitative estimate of drug-likeness (QED) is 0.653. The molecule has 1 saturated heterocycles. The first-order valence-corrected chi connectivity index (χ1v) is 7.01. The van der Waals surface area contributed by atoms with Crippen LogP contribution in [-0.2, 0) is 0 Å². The average Bonchev–Trinajstić information content (AvgIpc) is 2.39. The fourth-order valence-electron chi connectivity index (χ4n) is 2.80. The number of nitrogens with zero attached hydrogens (tertiary/aromatic N) is 2. The van der Waals surface area contributed by atoms with Crippen LogP contribution in [-0.4, -0.2) is 44.5 Å². The van der Waals surface area contributed by atoms with Gasteiger partial charge in [-0.3, -0.25) is 5.41 Å². The predicted molar refractivity (Wildman–Crippen MR) is 80.9 cm³/mol. The Hall–Kier alpha value is -1.62. The van der Waals surface area contributed by atoms with Gasteiger partial charge < -0.3 is 15.5 Å². The number of nitrogens with two attached hydrogens (primary N) is 1. The van der Waals surface area contributed by atoms with Gasteiger partial charge in [0.05, 0.1) is 5.69 Å². The Balaban J connectivity index is 2.02. The Kier molecular flexibility index (Phi) is 4.60. The summed E-state index contributed by atoms with van der Waals surface area (Å²) in [5, 5.41) is 7.33. The van der Waals surface area contributed by atoms with Crippen molar-refractivity contribution in [1.82, 2.24) is 4.90 Å². The van der Waals surface area contributed by atoms with E-state index in [1.807, 2.05) is 0 Å². The topological polar surface area (TPSA) is 56.4 Å². The molecule has 3 N–H and O–H groups in total. The Bertz CT molecular complexity index is 479. The highest BCUT2D eigenvalue weighted by atomic mass is 19.1. The molecule has 0 unspecified atom stereocenters. The molecule has 0 aliphatic carbocycles. The lowest BCUT2D eigenvalue weighted by Crippen LogP contribution is -2.37. The minimum absolute atomic E-state index is 0.0971. The maximum atomic E-state index is 14.1. The van der Waals surface area contributed by atoms with Gasteiger partial charge in [-0.15, -0.1) is 0 Å². The Morgan fingerprint density at radius 3 is 2.55 bits per heavy atom. The van der Waals surface area contributed by atoms with Crippen molar-refractivity contribution in [1.29, 1.82) is 5.41 Å². The second-order valence-electron chi connectivity index (χ2n) is 5.77. The molecular weight excluding hydrogens is 255 g/mol. The van der Waals surface area contributed by atoms with Crippen LogP contribution in [0.5, 0.6) is 0 Å². The van der Waals surface area contributed by atoms with Crippen molar-refractivity contribution in [3.05, 3.63) is 29.6 Å². The predicted octanol–water partition coefficient (Wildman–Crippen LogP) is 1.89. The molecule has 0 spiro atoms. The average molecular weight is 278 g/mol. The zero-order chi connectivity index (χ0) is 14.7. The number of hydrogen-bond acceptors (Lipinski definition) is 3. The summed E-state index contributed by atoms with van der Waals surface area (Å²) in [5.41, 5.74) is 6.44. The second kappa shape index (κ2) is 6.22. The molecule has 2 rings (SSSR count). The van der Waals surface area contributed by atoms with Gasteiger partial charge in [0.25, 0.3) is 0 Å². The monoisotopic (exact) mass is 278 g/mol. The van der Waals surface area contributed by atoms with Gasteiger partial charge in [0, 0.05) is 25.2 Å². The number of halogens is 1. The lowest BCUT2D eigenvalue weighted by molar-refractivity contribution is 0.284. The molecule has 1 aliphatic rings. The highest BCUT2D eigenvalue weighted by molar-refractivity contribution is 5.95. The summed E-state index contributed by atoms with van der Waals surface area (Å²) in [4.78, 5) is 4.30. The van der Waals surface area contributed by atoms with Crippen LogP contribution in [0.4, 0.5) is 10.1 Å². The third kappa shape index (κ3) is 3.48. The fraction of sp³-hybridized carbons (Fsp3) is 0.533. The maximum Gasteiger partial charge on any atom is 0.147 e. The van der Waals surface area contributed by atoms with Gasteiger partial charge in [0.15, 0.2) is 0 Å². The number of anilines is 1. The van der Waals surface area contributed by atoms with Gasteiger partial charge in [-0.2, -0.15) is 0 Å². The minimum Gasteiger partial charge on any atom is -0.384 e. The number of hydrogen-bond donors (Lipinski definition) is 2. The Morgan fingerprint density at radius 1 is 1.40 bits per heavy atom. The van der Waals surface area contributed by atoms with E-state index in [0.717, 1.165) is 32.5 Å². The first kappa shape index (κ1) is 14.8.